The molecule has 0 saturated carbocycles. The molecule has 0 atom stereocenters. The van der Waals surface area contributed by atoms with E-state index in [0.717, 1.165) is 46.7 Å². The molecule has 2 aromatic heterocycles. The van der Waals surface area contributed by atoms with E-state index in [4.69, 9.17) is 4.98 Å². The monoisotopic (exact) mass is 443 g/mol. The van der Waals surface area contributed by atoms with Crippen LogP contribution in [0.4, 0.5) is 0 Å². The number of aromatic nitrogens is 1. The van der Waals surface area contributed by atoms with Crippen molar-refractivity contribution in [1.29, 1.82) is 10.5 Å². The van der Waals surface area contributed by atoms with Crippen molar-refractivity contribution >= 4 is 53.1 Å². The van der Waals surface area contributed by atoms with Crippen LogP contribution in [0.2, 0.25) is 0 Å². The quantitative estimate of drug-likeness (QED) is 0.275. The van der Waals surface area contributed by atoms with Crippen molar-refractivity contribution in [3.05, 3.63) is 90.0 Å². The Morgan fingerprint density at radius 2 is 1.34 bits per heavy atom. The number of para-hydroxylation sites is 1. The lowest BCUT2D eigenvalue weighted by atomic mass is 9.99. The van der Waals surface area contributed by atoms with Crippen molar-refractivity contribution in [2.45, 2.75) is 0 Å². The molecule has 0 saturated heterocycles. The largest absolute Gasteiger partial charge is 0.236 e. The molecule has 0 N–H and O–H groups in total. The smallest absolute Gasteiger partial charge is 0.124 e. The number of nitriles is 2. The Kier molecular flexibility index (Phi) is 4.26. The minimum absolute atomic E-state index is 0.617. The molecule has 0 fully saturated rings. The summed E-state index contributed by atoms with van der Waals surface area (Å²) >= 11 is 3.32. The first-order chi connectivity index (χ1) is 15.7. The normalized spacial score (nSPS) is 11.1. The molecule has 0 radical (unpaired) electrons. The van der Waals surface area contributed by atoms with Crippen molar-refractivity contribution in [2.24, 2.45) is 0 Å². The molecule has 5 heteroatoms. The average molecular weight is 444 g/mol. The maximum atomic E-state index is 9.65. The predicted molar refractivity (Wildman–Crippen MR) is 133 cm³/mol. The van der Waals surface area contributed by atoms with Crippen molar-refractivity contribution in [3.63, 3.8) is 0 Å². The Labute approximate surface area is 192 Å². The van der Waals surface area contributed by atoms with Gasteiger partial charge in [0.1, 0.15) is 5.01 Å². The third-order valence-electron chi connectivity index (χ3n) is 5.54. The third-order valence-corrected chi connectivity index (χ3v) is 7.74. The Morgan fingerprint density at radius 3 is 2.16 bits per heavy atom. The molecular weight excluding hydrogens is 430 g/mol. The first-order valence-corrected chi connectivity index (χ1v) is 11.6. The zero-order chi connectivity index (χ0) is 21.7. The van der Waals surface area contributed by atoms with Crippen molar-refractivity contribution < 1.29 is 0 Å². The zero-order valence-corrected chi connectivity index (χ0v) is 18.3. The minimum Gasteiger partial charge on any atom is -0.236 e. The number of hydrogen-bond acceptors (Lipinski definition) is 5. The Hall–Kier alpha value is -4.03. The van der Waals surface area contributed by atoms with Gasteiger partial charge in [0.05, 0.1) is 33.5 Å². The number of rotatable bonds is 2. The van der Waals surface area contributed by atoms with Crippen LogP contribution in [0.1, 0.15) is 11.1 Å². The van der Waals surface area contributed by atoms with E-state index in [9.17, 15) is 10.5 Å². The standard InChI is InChI=1S/C27H13N3S2/c28-14-16-5-7-21-22-8-6-18(13-26(22)31-25(21)11-16)19-9-17(15-29)10-20(12-19)27-30-23-3-1-2-4-24(23)32-27/h1-13H. The van der Waals surface area contributed by atoms with E-state index in [1.807, 2.05) is 48.5 Å². The van der Waals surface area contributed by atoms with E-state index < -0.39 is 0 Å². The Bertz CT molecular complexity index is 1730. The van der Waals surface area contributed by atoms with Crippen molar-refractivity contribution in [3.8, 4) is 33.8 Å². The molecule has 0 unspecified atom stereocenters. The van der Waals surface area contributed by atoms with Gasteiger partial charge in [-0.15, -0.1) is 22.7 Å². The minimum atomic E-state index is 0.617. The molecule has 2 heterocycles. The number of hydrogen-bond donors (Lipinski definition) is 0. The summed E-state index contributed by atoms with van der Waals surface area (Å²) in [7, 11) is 0. The van der Waals surface area contributed by atoms with Crippen LogP contribution < -0.4 is 0 Å². The second-order valence-electron chi connectivity index (χ2n) is 7.53. The fraction of sp³-hybridized carbons (Fsp3) is 0. The van der Waals surface area contributed by atoms with Gasteiger partial charge in [-0.3, -0.25) is 0 Å². The summed E-state index contributed by atoms with van der Waals surface area (Å²) in [5.74, 6) is 0. The fourth-order valence-corrected chi connectivity index (χ4v) is 6.14. The highest BCUT2D eigenvalue weighted by Gasteiger charge is 2.12. The number of thiophene rings is 1. The second-order valence-corrected chi connectivity index (χ2v) is 9.65. The van der Waals surface area contributed by atoms with E-state index in [0.29, 0.717) is 11.1 Å². The molecule has 4 aromatic carbocycles. The van der Waals surface area contributed by atoms with Crippen LogP contribution in [0.25, 0.3) is 52.1 Å². The number of nitrogens with zero attached hydrogens (tertiary/aromatic N) is 3. The number of thiazole rings is 1. The summed E-state index contributed by atoms with van der Waals surface area (Å²) in [5, 5.41) is 22.1. The molecule has 0 bridgehead atoms. The van der Waals surface area contributed by atoms with Crippen molar-refractivity contribution in [2.75, 3.05) is 0 Å². The molecule has 0 aliphatic carbocycles. The van der Waals surface area contributed by atoms with Gasteiger partial charge < -0.3 is 0 Å². The summed E-state index contributed by atoms with van der Waals surface area (Å²) in [5.41, 5.74) is 5.27. The second kappa shape index (κ2) is 7.28. The highest BCUT2D eigenvalue weighted by atomic mass is 32.1. The first-order valence-electron chi connectivity index (χ1n) is 10.00. The molecule has 0 amide bonds. The summed E-state index contributed by atoms with van der Waals surface area (Å²) in [6, 6.07) is 30.8. The number of fused-ring (bicyclic) bond motifs is 4. The summed E-state index contributed by atoms with van der Waals surface area (Å²) in [4.78, 5) is 4.77. The average Bonchev–Trinajstić information content (AvgIpc) is 3.44. The number of benzene rings is 4. The lowest BCUT2D eigenvalue weighted by Crippen LogP contribution is -1.85. The Balaban J connectivity index is 1.51. The van der Waals surface area contributed by atoms with Gasteiger partial charge in [-0.1, -0.05) is 30.3 Å². The first kappa shape index (κ1) is 18.7. The summed E-state index contributed by atoms with van der Waals surface area (Å²) < 4.78 is 3.41. The topological polar surface area (TPSA) is 60.5 Å². The van der Waals surface area contributed by atoms with Gasteiger partial charge in [-0.05, 0) is 59.7 Å². The van der Waals surface area contributed by atoms with Crippen molar-refractivity contribution in [1.82, 2.24) is 4.98 Å². The van der Waals surface area contributed by atoms with E-state index in [2.05, 4.69) is 42.5 Å². The molecule has 3 nitrogen and oxygen atoms in total. The SMILES string of the molecule is N#Cc1cc(-c2ccc3c(c2)sc2cc(C#N)ccc23)cc(-c2nc3ccccc3s2)c1. The molecule has 32 heavy (non-hydrogen) atoms. The zero-order valence-electron chi connectivity index (χ0n) is 16.7. The maximum Gasteiger partial charge on any atom is 0.124 e. The highest BCUT2D eigenvalue weighted by molar-refractivity contribution is 7.25. The van der Waals surface area contributed by atoms with Crippen LogP contribution in [0.5, 0.6) is 0 Å². The van der Waals surface area contributed by atoms with E-state index in [1.165, 1.54) is 5.39 Å². The van der Waals surface area contributed by atoms with Crippen LogP contribution in [-0.4, -0.2) is 4.98 Å². The summed E-state index contributed by atoms with van der Waals surface area (Å²) in [6.45, 7) is 0. The molecule has 148 valence electrons. The van der Waals surface area contributed by atoms with E-state index in [-0.39, 0.29) is 0 Å². The third kappa shape index (κ3) is 3.04. The van der Waals surface area contributed by atoms with E-state index in [1.54, 1.807) is 22.7 Å². The van der Waals surface area contributed by atoms with Gasteiger partial charge in [-0.2, -0.15) is 10.5 Å². The van der Waals surface area contributed by atoms with Gasteiger partial charge in [0.25, 0.3) is 0 Å². The molecular formula is C27H13N3S2. The van der Waals surface area contributed by atoms with Crippen LogP contribution >= 0.6 is 22.7 Å². The molecule has 6 aromatic rings. The van der Waals surface area contributed by atoms with Crippen LogP contribution in [0.15, 0.2) is 78.9 Å². The van der Waals surface area contributed by atoms with Gasteiger partial charge in [0.2, 0.25) is 0 Å². The van der Waals surface area contributed by atoms with Gasteiger partial charge in [0.15, 0.2) is 0 Å². The lowest BCUT2D eigenvalue weighted by molar-refractivity contribution is 1.45. The highest BCUT2D eigenvalue weighted by Crippen LogP contribution is 2.38. The molecule has 0 spiro atoms. The lowest BCUT2D eigenvalue weighted by Gasteiger charge is -2.06. The summed E-state index contributed by atoms with van der Waals surface area (Å²) in [6.07, 6.45) is 0. The molecule has 0 aliphatic heterocycles. The van der Waals surface area contributed by atoms with Gasteiger partial charge in [-0.25, -0.2) is 4.98 Å². The van der Waals surface area contributed by atoms with Crippen LogP contribution in [0, 0.1) is 22.7 Å². The maximum absolute atomic E-state index is 9.65. The Morgan fingerprint density at radius 1 is 0.594 bits per heavy atom. The van der Waals surface area contributed by atoms with Crippen LogP contribution in [-0.2, 0) is 0 Å². The van der Waals surface area contributed by atoms with Crippen LogP contribution in [0.3, 0.4) is 0 Å². The van der Waals surface area contributed by atoms with Gasteiger partial charge in [0, 0.05) is 25.7 Å². The molecule has 0 aliphatic rings. The predicted octanol–water partition coefficient (Wildman–Crippen LogP) is 7.74. The molecule has 6 rings (SSSR count). The fourth-order valence-electron chi connectivity index (χ4n) is 4.00. The van der Waals surface area contributed by atoms with E-state index >= 15 is 0 Å². The van der Waals surface area contributed by atoms with Gasteiger partial charge >= 0.3 is 0 Å².